The summed E-state index contributed by atoms with van der Waals surface area (Å²) in [5, 5.41) is 10.6. The minimum absolute atomic E-state index is 0.0395. The fourth-order valence-corrected chi connectivity index (χ4v) is 12.4. The van der Waals surface area contributed by atoms with Crippen LogP contribution in [0.4, 0.5) is 0 Å². The van der Waals surface area contributed by atoms with Gasteiger partial charge < -0.3 is 33.8 Å². The molecule has 0 spiro atoms. The molecule has 102 heavy (non-hydrogen) atoms. The number of phosphoric acid groups is 2. The number of carbonyl (C=O) groups excluding carboxylic acids is 4. The fraction of sp³-hybridized carbons (Fsp3) is 0.759. The number of hydrogen-bond acceptors (Lipinski definition) is 15. The van der Waals surface area contributed by atoms with Crippen LogP contribution in [0.1, 0.15) is 349 Å². The first kappa shape index (κ1) is 98.0. The summed E-state index contributed by atoms with van der Waals surface area (Å²) in [6.45, 7) is 4.69. The van der Waals surface area contributed by atoms with Crippen molar-refractivity contribution in [1.82, 2.24) is 0 Å². The summed E-state index contributed by atoms with van der Waals surface area (Å²) in [7, 11) is -9.97. The maximum absolute atomic E-state index is 13.1. The molecule has 590 valence electrons. The summed E-state index contributed by atoms with van der Waals surface area (Å²) < 4.78 is 68.6. The summed E-state index contributed by atoms with van der Waals surface area (Å²) in [6.07, 6.45) is 79.6. The normalized spacial score (nSPS) is 14.4. The Balaban J connectivity index is 5.37. The van der Waals surface area contributed by atoms with Gasteiger partial charge in [-0.25, -0.2) is 9.13 Å². The predicted molar refractivity (Wildman–Crippen MR) is 418 cm³/mol. The van der Waals surface area contributed by atoms with E-state index in [2.05, 4.69) is 125 Å². The fourth-order valence-electron chi connectivity index (χ4n) is 10.9. The Labute approximate surface area is 620 Å². The largest absolute Gasteiger partial charge is 0.472 e. The molecule has 5 unspecified atom stereocenters. The minimum atomic E-state index is -4.99. The van der Waals surface area contributed by atoms with Crippen molar-refractivity contribution < 1.29 is 80.2 Å². The molecule has 0 aliphatic carbocycles. The molecule has 0 saturated heterocycles. The molecule has 0 heterocycles. The van der Waals surface area contributed by atoms with Crippen molar-refractivity contribution in [2.24, 2.45) is 0 Å². The average Bonchev–Trinajstić information content (AvgIpc) is 0.907. The van der Waals surface area contributed by atoms with E-state index in [1.54, 1.807) is 0 Å². The van der Waals surface area contributed by atoms with Crippen LogP contribution in [0.2, 0.25) is 0 Å². The minimum Gasteiger partial charge on any atom is -0.462 e. The summed E-state index contributed by atoms with van der Waals surface area (Å²) >= 11 is 0. The molecule has 0 radical (unpaired) electrons. The molecule has 17 nitrogen and oxygen atoms in total. The van der Waals surface area contributed by atoms with Crippen LogP contribution in [-0.2, 0) is 65.4 Å². The molecule has 0 amide bonds. The highest BCUT2D eigenvalue weighted by Gasteiger charge is 2.30. The number of unbranched alkanes of at least 4 members (excludes halogenated alkanes) is 34. The number of phosphoric ester groups is 2. The van der Waals surface area contributed by atoms with Gasteiger partial charge in [0.15, 0.2) is 12.2 Å². The molecule has 0 rings (SSSR count). The number of aliphatic hydroxyl groups excluding tert-OH is 1. The third-order valence-corrected chi connectivity index (χ3v) is 18.9. The van der Waals surface area contributed by atoms with Crippen molar-refractivity contribution in [1.29, 1.82) is 0 Å². The van der Waals surface area contributed by atoms with Crippen LogP contribution in [-0.4, -0.2) is 96.7 Å². The monoisotopic (exact) mass is 1480 g/mol. The van der Waals surface area contributed by atoms with Crippen molar-refractivity contribution in [3.63, 3.8) is 0 Å². The quantitative estimate of drug-likeness (QED) is 0.0169. The molecule has 0 aromatic rings. The lowest BCUT2D eigenvalue weighted by atomic mass is 10.0. The first-order chi connectivity index (χ1) is 49.7. The number of carbonyl (C=O) groups is 4. The topological polar surface area (TPSA) is 237 Å². The van der Waals surface area contributed by atoms with Gasteiger partial charge in [0.2, 0.25) is 0 Å². The Kier molecular flexibility index (Phi) is 72.3. The van der Waals surface area contributed by atoms with Crippen LogP contribution in [0.15, 0.2) is 97.2 Å². The average molecular weight is 1480 g/mol. The van der Waals surface area contributed by atoms with Gasteiger partial charge in [0, 0.05) is 25.7 Å². The number of ether oxygens (including phenoxy) is 4. The molecule has 0 aliphatic heterocycles. The molecular weight excluding hydrogens is 1330 g/mol. The van der Waals surface area contributed by atoms with Crippen LogP contribution in [0.3, 0.4) is 0 Å². The van der Waals surface area contributed by atoms with Gasteiger partial charge in [0.1, 0.15) is 19.3 Å². The molecule has 0 saturated carbocycles. The van der Waals surface area contributed by atoms with E-state index in [1.165, 1.54) is 116 Å². The van der Waals surface area contributed by atoms with Crippen LogP contribution in [0.5, 0.6) is 0 Å². The van der Waals surface area contributed by atoms with E-state index in [0.29, 0.717) is 32.1 Å². The Morgan fingerprint density at radius 1 is 0.284 bits per heavy atom. The SMILES string of the molecule is CC/C=C\C/C=C\C/C=C\C/C=C\CCCCC(=O)OC(COC(=O)CCCCCCCC/C=C\C/C=C\C/C=C\CCCCC)COP(=O)(O)OCC(O)COP(=O)(O)OCC(COC(=O)CCCCCCCCCCCCCCCCC)OC(=O)CCCCCCC/C=C\CCCCCC. The molecule has 19 heteroatoms. The second-order valence-electron chi connectivity index (χ2n) is 27.0. The smallest absolute Gasteiger partial charge is 0.462 e. The zero-order valence-electron chi connectivity index (χ0n) is 64.5. The maximum atomic E-state index is 13.1. The zero-order valence-corrected chi connectivity index (χ0v) is 66.3. The second-order valence-corrected chi connectivity index (χ2v) is 29.9. The van der Waals surface area contributed by atoms with Crippen LogP contribution in [0.25, 0.3) is 0 Å². The Bertz CT molecular complexity index is 2310. The van der Waals surface area contributed by atoms with Crippen molar-refractivity contribution in [2.75, 3.05) is 39.6 Å². The van der Waals surface area contributed by atoms with E-state index in [4.69, 9.17) is 37.0 Å². The summed E-state index contributed by atoms with van der Waals surface area (Å²) in [4.78, 5) is 73.0. The van der Waals surface area contributed by atoms with E-state index in [9.17, 15) is 43.2 Å². The highest BCUT2D eigenvalue weighted by Crippen LogP contribution is 2.45. The standard InChI is InChI=1S/C83H146O17P2/c1-5-9-13-17-21-25-29-33-36-37-38-39-42-45-48-52-56-60-64-68-81(86)94-74-79(100-83(88)70-66-62-58-54-50-46-41-35-31-27-23-19-15-11-7-3)76-98-102(91,92)96-72-77(84)71-95-101(89,90)97-75-78(99-82(87)69-65-61-57-53-49-43-32-28-24-20-16-12-8-4)73-93-80(85)67-63-59-55-51-47-44-40-34-30-26-22-18-14-10-6-2/h11,15,21,23,25,27-28,32-33,35-36,38-39,41,50,54,77-79,84H,5-10,12-14,16-20,22,24,26,29-31,34,37,40,42-49,51-53,55-76H2,1-4H3,(H,89,90)(H,91,92)/b15-11-,25-21-,27-23-,32-28-,36-33-,39-38-,41-35-,54-50-. The van der Waals surface area contributed by atoms with Crippen molar-refractivity contribution in [3.8, 4) is 0 Å². The van der Waals surface area contributed by atoms with E-state index in [1.807, 2.05) is 0 Å². The van der Waals surface area contributed by atoms with Crippen molar-refractivity contribution in [3.05, 3.63) is 97.2 Å². The molecule has 0 aliphatic rings. The number of rotatable bonds is 76. The van der Waals surface area contributed by atoms with Crippen LogP contribution < -0.4 is 0 Å². The lowest BCUT2D eigenvalue weighted by Crippen LogP contribution is -2.30. The highest BCUT2D eigenvalue weighted by molar-refractivity contribution is 7.47. The first-order valence-corrected chi connectivity index (χ1v) is 43.5. The van der Waals surface area contributed by atoms with Crippen LogP contribution in [0, 0.1) is 0 Å². The van der Waals surface area contributed by atoms with E-state index < -0.39 is 97.5 Å². The maximum Gasteiger partial charge on any atom is 0.472 e. The van der Waals surface area contributed by atoms with E-state index in [-0.39, 0.29) is 25.7 Å². The van der Waals surface area contributed by atoms with Gasteiger partial charge >= 0.3 is 39.5 Å². The van der Waals surface area contributed by atoms with E-state index in [0.717, 1.165) is 148 Å². The van der Waals surface area contributed by atoms with Gasteiger partial charge in [-0.15, -0.1) is 0 Å². The number of allylic oxidation sites excluding steroid dienone is 16. The zero-order chi connectivity index (χ0) is 74.6. The van der Waals surface area contributed by atoms with Gasteiger partial charge in [-0.3, -0.25) is 37.3 Å². The number of esters is 4. The molecular formula is C83H146O17P2. The van der Waals surface area contributed by atoms with E-state index >= 15 is 0 Å². The molecule has 0 bridgehead atoms. The van der Waals surface area contributed by atoms with Gasteiger partial charge in [0.25, 0.3) is 0 Å². The third-order valence-electron chi connectivity index (χ3n) is 17.0. The van der Waals surface area contributed by atoms with Gasteiger partial charge in [0.05, 0.1) is 26.4 Å². The molecule has 0 aromatic carbocycles. The number of hydrogen-bond donors (Lipinski definition) is 3. The van der Waals surface area contributed by atoms with Gasteiger partial charge in [-0.2, -0.15) is 0 Å². The highest BCUT2D eigenvalue weighted by atomic mass is 31.2. The summed E-state index contributed by atoms with van der Waals surface area (Å²) in [6, 6.07) is 0. The third kappa shape index (κ3) is 74.3. The predicted octanol–water partition coefficient (Wildman–Crippen LogP) is 23.6. The van der Waals surface area contributed by atoms with Crippen LogP contribution >= 0.6 is 15.6 Å². The Hall–Kier alpha value is -4.02. The molecule has 5 atom stereocenters. The van der Waals surface area contributed by atoms with Gasteiger partial charge in [-0.05, 0) is 128 Å². The number of aliphatic hydroxyl groups is 1. The molecule has 0 aromatic heterocycles. The summed E-state index contributed by atoms with van der Waals surface area (Å²) in [5.74, 6) is -2.23. The Morgan fingerprint density at radius 3 is 0.843 bits per heavy atom. The molecule has 3 N–H and O–H groups in total. The Morgan fingerprint density at radius 2 is 0.510 bits per heavy atom. The lowest BCUT2D eigenvalue weighted by Gasteiger charge is -2.21. The molecule has 0 fully saturated rings. The summed E-state index contributed by atoms with van der Waals surface area (Å²) in [5.41, 5.74) is 0. The second kappa shape index (κ2) is 75.2. The lowest BCUT2D eigenvalue weighted by molar-refractivity contribution is -0.161. The van der Waals surface area contributed by atoms with Gasteiger partial charge in [-0.1, -0.05) is 292 Å². The first-order valence-electron chi connectivity index (χ1n) is 40.5. The van der Waals surface area contributed by atoms with Crippen molar-refractivity contribution >= 4 is 39.5 Å². The van der Waals surface area contributed by atoms with Crippen molar-refractivity contribution in [2.45, 2.75) is 367 Å².